The van der Waals surface area contributed by atoms with Crippen molar-refractivity contribution >= 4 is 51.6 Å². The van der Waals surface area contributed by atoms with Gasteiger partial charge in [-0.15, -0.1) is 24.0 Å². The number of aliphatic imine (C=N–C) groups is 1. The molecule has 0 aliphatic carbocycles. The largest absolute Gasteiger partial charge is 0.377 e. The van der Waals surface area contributed by atoms with Gasteiger partial charge in [-0.1, -0.05) is 23.7 Å². The summed E-state index contributed by atoms with van der Waals surface area (Å²) in [5.41, 5.74) is 1.03. The first kappa shape index (κ1) is 26.4. The molecule has 1 heterocycles. The fourth-order valence-electron chi connectivity index (χ4n) is 2.92. The minimum absolute atomic E-state index is 0. The van der Waals surface area contributed by atoms with E-state index < -0.39 is 10.0 Å². The summed E-state index contributed by atoms with van der Waals surface area (Å²) < 4.78 is 32.6. The Morgan fingerprint density at radius 3 is 2.83 bits per heavy atom. The van der Waals surface area contributed by atoms with Gasteiger partial charge in [0.25, 0.3) is 0 Å². The van der Waals surface area contributed by atoms with Gasteiger partial charge in [0.05, 0.1) is 24.4 Å². The third-order valence-corrected chi connectivity index (χ3v) is 6.04. The van der Waals surface area contributed by atoms with Crippen LogP contribution in [0.15, 0.2) is 29.3 Å². The summed E-state index contributed by atoms with van der Waals surface area (Å²) in [6.45, 7) is 5.84. The molecule has 29 heavy (non-hydrogen) atoms. The van der Waals surface area contributed by atoms with Crippen LogP contribution in [0.2, 0.25) is 5.02 Å². The van der Waals surface area contributed by atoms with Crippen molar-refractivity contribution in [3.8, 4) is 0 Å². The number of rotatable bonds is 9. The summed E-state index contributed by atoms with van der Waals surface area (Å²) in [7, 11) is -3.39. The third-order valence-electron chi connectivity index (χ3n) is 4.48. The van der Waals surface area contributed by atoms with Crippen LogP contribution in [0.4, 0.5) is 0 Å². The zero-order chi connectivity index (χ0) is 20.4. The Morgan fingerprint density at radius 2 is 2.17 bits per heavy atom. The third kappa shape index (κ3) is 10.3. The van der Waals surface area contributed by atoms with E-state index in [-0.39, 0.29) is 48.4 Å². The van der Waals surface area contributed by atoms with Crippen LogP contribution >= 0.6 is 35.6 Å². The quantitative estimate of drug-likeness (QED) is 0.246. The molecule has 0 spiro atoms. The first-order chi connectivity index (χ1) is 13.4. The Bertz CT molecular complexity index is 743. The number of guanidine groups is 1. The second kappa shape index (κ2) is 13.6. The maximum Gasteiger partial charge on any atom is 0.213 e. The molecule has 2 atom stereocenters. The zero-order valence-electron chi connectivity index (χ0n) is 17.0. The van der Waals surface area contributed by atoms with Gasteiger partial charge in [0.2, 0.25) is 10.0 Å². The lowest BCUT2D eigenvalue weighted by atomic mass is 10.1. The van der Waals surface area contributed by atoms with Crippen LogP contribution < -0.4 is 15.4 Å². The van der Waals surface area contributed by atoms with E-state index in [1.165, 1.54) is 0 Å². The highest BCUT2D eigenvalue weighted by Crippen LogP contribution is 2.17. The molecular formula is C19H32ClIN4O3S. The molecule has 1 aliphatic rings. The lowest BCUT2D eigenvalue weighted by Crippen LogP contribution is -2.40. The fraction of sp³-hybridized carbons (Fsp3) is 0.632. The molecule has 1 fully saturated rings. The van der Waals surface area contributed by atoms with Gasteiger partial charge in [0, 0.05) is 24.7 Å². The summed E-state index contributed by atoms with van der Waals surface area (Å²) in [5.74, 6) is 0.503. The molecule has 7 nitrogen and oxygen atoms in total. The monoisotopic (exact) mass is 558 g/mol. The van der Waals surface area contributed by atoms with Gasteiger partial charge in [0.15, 0.2) is 5.96 Å². The molecule has 1 aliphatic heterocycles. The van der Waals surface area contributed by atoms with Crippen molar-refractivity contribution < 1.29 is 13.2 Å². The van der Waals surface area contributed by atoms with Crippen molar-refractivity contribution in [2.24, 2.45) is 4.99 Å². The van der Waals surface area contributed by atoms with E-state index in [0.717, 1.165) is 24.8 Å². The Morgan fingerprint density at radius 1 is 1.38 bits per heavy atom. The van der Waals surface area contributed by atoms with E-state index in [2.05, 4.69) is 20.3 Å². The predicted molar refractivity (Wildman–Crippen MR) is 130 cm³/mol. The minimum atomic E-state index is -3.39. The van der Waals surface area contributed by atoms with Crippen LogP contribution in [0.25, 0.3) is 0 Å². The minimum Gasteiger partial charge on any atom is -0.377 e. The highest BCUT2D eigenvalue weighted by Gasteiger charge is 2.17. The van der Waals surface area contributed by atoms with Gasteiger partial charge in [-0.25, -0.2) is 13.1 Å². The molecule has 0 saturated carbocycles. The summed E-state index contributed by atoms with van der Waals surface area (Å²) in [5, 5.41) is 7.09. The predicted octanol–water partition coefficient (Wildman–Crippen LogP) is 3.06. The molecule has 2 rings (SSSR count). The Balaban J connectivity index is 0.00000420. The molecule has 0 aromatic heterocycles. The molecule has 3 N–H and O–H groups in total. The topological polar surface area (TPSA) is 91.8 Å². The molecule has 1 aromatic carbocycles. The molecular weight excluding hydrogens is 527 g/mol. The number of ether oxygens (including phenoxy) is 1. The van der Waals surface area contributed by atoms with Crippen LogP contribution in [0.5, 0.6) is 0 Å². The van der Waals surface area contributed by atoms with Crippen molar-refractivity contribution in [1.29, 1.82) is 0 Å². The van der Waals surface area contributed by atoms with Crippen LogP contribution in [0.3, 0.4) is 0 Å². The number of nitrogens with zero attached hydrogens (tertiary/aromatic N) is 1. The van der Waals surface area contributed by atoms with Gasteiger partial charge in [-0.2, -0.15) is 0 Å². The molecule has 1 saturated heterocycles. The first-order valence-electron chi connectivity index (χ1n) is 9.79. The zero-order valence-corrected chi connectivity index (χ0v) is 20.9. The van der Waals surface area contributed by atoms with Crippen molar-refractivity contribution in [3.63, 3.8) is 0 Å². The smallest absolute Gasteiger partial charge is 0.213 e. The van der Waals surface area contributed by atoms with Gasteiger partial charge in [0.1, 0.15) is 0 Å². The lowest BCUT2D eigenvalue weighted by Gasteiger charge is -2.22. The highest BCUT2D eigenvalue weighted by molar-refractivity contribution is 14.0. The highest BCUT2D eigenvalue weighted by atomic mass is 127. The number of halogens is 2. The van der Waals surface area contributed by atoms with Gasteiger partial charge < -0.3 is 15.4 Å². The summed E-state index contributed by atoms with van der Waals surface area (Å²) in [6.07, 6.45) is 3.01. The van der Waals surface area contributed by atoms with Gasteiger partial charge >= 0.3 is 0 Å². The second-order valence-corrected chi connectivity index (χ2v) is 9.20. The van der Waals surface area contributed by atoms with Crippen LogP contribution in [0.1, 0.15) is 44.7 Å². The maximum absolute atomic E-state index is 12.2. The van der Waals surface area contributed by atoms with Crippen molar-refractivity contribution in [2.45, 2.75) is 45.3 Å². The average Bonchev–Trinajstić information content (AvgIpc) is 2.67. The van der Waals surface area contributed by atoms with Crippen molar-refractivity contribution in [1.82, 2.24) is 15.4 Å². The van der Waals surface area contributed by atoms with Crippen molar-refractivity contribution in [2.75, 3.05) is 32.0 Å². The fourth-order valence-corrected chi connectivity index (χ4v) is 4.04. The number of benzene rings is 1. The van der Waals surface area contributed by atoms with Gasteiger partial charge in [-0.05, 0) is 50.8 Å². The van der Waals surface area contributed by atoms with E-state index >= 15 is 0 Å². The summed E-state index contributed by atoms with van der Waals surface area (Å²) in [4.78, 5) is 4.39. The van der Waals surface area contributed by atoms with E-state index in [4.69, 9.17) is 16.3 Å². The van der Waals surface area contributed by atoms with Crippen LogP contribution in [-0.2, 0) is 14.8 Å². The number of hydrogen-bond acceptors (Lipinski definition) is 4. The van der Waals surface area contributed by atoms with E-state index in [0.29, 0.717) is 30.7 Å². The first-order valence-corrected chi connectivity index (χ1v) is 11.8. The molecule has 0 amide bonds. The van der Waals surface area contributed by atoms with E-state index in [1.807, 2.05) is 38.1 Å². The summed E-state index contributed by atoms with van der Waals surface area (Å²) in [6, 6.07) is 7.58. The van der Waals surface area contributed by atoms with Gasteiger partial charge in [-0.3, -0.25) is 4.99 Å². The van der Waals surface area contributed by atoms with E-state index in [9.17, 15) is 8.42 Å². The van der Waals surface area contributed by atoms with Crippen molar-refractivity contribution in [3.05, 3.63) is 34.9 Å². The van der Waals surface area contributed by atoms with E-state index in [1.54, 1.807) is 0 Å². The Kier molecular flexibility index (Phi) is 12.4. The second-order valence-electron chi connectivity index (χ2n) is 6.84. The summed E-state index contributed by atoms with van der Waals surface area (Å²) >= 11 is 6.05. The molecule has 2 unspecified atom stereocenters. The Hall–Kier alpha value is -0.620. The SMILES string of the molecule is CCNC(=NCCS(=O)(=O)NCC1CCCCO1)NC(C)c1cccc(Cl)c1.I. The van der Waals surface area contributed by atoms with Crippen LogP contribution in [-0.4, -0.2) is 52.5 Å². The molecule has 0 radical (unpaired) electrons. The Labute approximate surface area is 196 Å². The normalized spacial score (nSPS) is 18.6. The maximum atomic E-state index is 12.2. The molecule has 0 bridgehead atoms. The standard InChI is InChI=1S/C19H31ClN4O3S.HI/c1-3-21-19(24-15(2)16-7-6-8-17(20)13-16)22-10-12-28(25,26)23-14-18-9-4-5-11-27-18;/h6-8,13,15,18,23H,3-5,9-12,14H2,1-2H3,(H2,21,22,24);1H. The molecule has 10 heteroatoms. The lowest BCUT2D eigenvalue weighted by molar-refractivity contribution is 0.0200. The molecule has 1 aromatic rings. The number of sulfonamides is 1. The average molecular weight is 559 g/mol. The number of nitrogens with one attached hydrogen (secondary N) is 3. The number of hydrogen-bond donors (Lipinski definition) is 3. The molecule has 166 valence electrons. The van der Waals surface area contributed by atoms with Crippen LogP contribution in [0, 0.1) is 0 Å².